The lowest BCUT2D eigenvalue weighted by atomic mass is 10.0. The third-order valence-corrected chi connectivity index (χ3v) is 8.76. The molecule has 0 fully saturated rings. The summed E-state index contributed by atoms with van der Waals surface area (Å²) in [6.07, 6.45) is -1.03. The number of carboxylic acid groups (broad SMARTS) is 1. The molecule has 6 aromatic rings. The molecule has 0 aliphatic carbocycles. The molecule has 0 aliphatic rings. The van der Waals surface area contributed by atoms with E-state index in [0.29, 0.717) is 38.2 Å². The number of carboxylic acids is 1. The van der Waals surface area contributed by atoms with E-state index in [-0.39, 0.29) is 34.8 Å². The lowest BCUT2D eigenvalue weighted by Gasteiger charge is -2.15. The van der Waals surface area contributed by atoms with Crippen LogP contribution in [0.25, 0.3) is 22.6 Å². The number of nitro groups is 2. The zero-order valence-electron chi connectivity index (χ0n) is 30.2. The van der Waals surface area contributed by atoms with Gasteiger partial charge in [0.05, 0.1) is 33.8 Å². The van der Waals surface area contributed by atoms with Gasteiger partial charge in [0.1, 0.15) is 11.7 Å². The number of rotatable bonds is 10. The lowest BCUT2D eigenvalue weighted by Crippen LogP contribution is -2.12. The second-order valence-electron chi connectivity index (χ2n) is 12.0. The van der Waals surface area contributed by atoms with Crippen LogP contribution in [0.5, 0.6) is 0 Å². The monoisotopic (exact) mass is 804 g/mol. The van der Waals surface area contributed by atoms with Gasteiger partial charge in [-0.15, -0.1) is 0 Å². The Bertz CT molecular complexity index is 2320. The van der Waals surface area contributed by atoms with E-state index in [0.717, 1.165) is 11.1 Å². The van der Waals surface area contributed by atoms with Crippen molar-refractivity contribution in [2.75, 3.05) is 0 Å². The van der Waals surface area contributed by atoms with Gasteiger partial charge in [0.25, 0.3) is 11.4 Å². The van der Waals surface area contributed by atoms with Crippen molar-refractivity contribution in [2.24, 2.45) is 0 Å². The number of nitrogens with zero attached hydrogens (tertiary/aromatic N) is 4. The van der Waals surface area contributed by atoms with E-state index in [1.807, 2.05) is 24.3 Å². The second-order valence-corrected chi connectivity index (χ2v) is 12.8. The van der Waals surface area contributed by atoms with Crippen molar-refractivity contribution < 1.29 is 43.4 Å². The normalized spacial score (nSPS) is 11.6. The van der Waals surface area contributed by atoms with Gasteiger partial charge in [-0.1, -0.05) is 69.9 Å². The highest BCUT2D eigenvalue weighted by Crippen LogP contribution is 2.31. The first-order valence-corrected chi connectivity index (χ1v) is 17.3. The molecule has 56 heavy (non-hydrogen) atoms. The minimum atomic E-state index is -1.15. The predicted molar refractivity (Wildman–Crippen MR) is 205 cm³/mol. The quantitative estimate of drug-likeness (QED) is 0.0748. The van der Waals surface area contributed by atoms with Crippen LogP contribution >= 0.6 is 23.2 Å². The average molecular weight is 806 g/mol. The Labute approximate surface area is 329 Å². The average Bonchev–Trinajstić information content (AvgIpc) is 3.74. The lowest BCUT2D eigenvalue weighted by molar-refractivity contribution is -0.385. The van der Waals surface area contributed by atoms with E-state index >= 15 is 0 Å². The van der Waals surface area contributed by atoms with E-state index in [9.17, 15) is 29.8 Å². The van der Waals surface area contributed by atoms with Crippen LogP contribution in [0.1, 0.15) is 64.5 Å². The maximum atomic E-state index is 12.5. The number of aryl methyl sites for hydroxylation is 2. The zero-order chi connectivity index (χ0) is 41.1. The molecule has 2 N–H and O–H groups in total. The number of nitro benzene ring substituents is 2. The number of hydrogen-bond acceptors (Lipinski definition) is 12. The number of carbonyl (C=O) groups excluding carboxylic acids is 1. The zero-order valence-corrected chi connectivity index (χ0v) is 31.7. The van der Waals surface area contributed by atoms with Gasteiger partial charge in [-0.05, 0) is 69.7 Å². The van der Waals surface area contributed by atoms with Gasteiger partial charge in [0, 0.05) is 56.6 Å². The van der Waals surface area contributed by atoms with Crippen LogP contribution in [-0.4, -0.2) is 42.3 Å². The van der Waals surface area contributed by atoms with Crippen molar-refractivity contribution in [3.8, 4) is 22.6 Å². The van der Waals surface area contributed by atoms with Gasteiger partial charge in [-0.2, -0.15) is 0 Å². The molecule has 2 aromatic heterocycles. The molecule has 0 aliphatic heterocycles. The number of hydrogen-bond donors (Lipinski definition) is 2. The summed E-state index contributed by atoms with van der Waals surface area (Å²) in [4.78, 5) is 43.8. The van der Waals surface area contributed by atoms with E-state index in [1.54, 1.807) is 57.2 Å². The molecule has 0 radical (unpaired) electrons. The van der Waals surface area contributed by atoms with Crippen LogP contribution in [0.3, 0.4) is 0 Å². The molecule has 2 heterocycles. The summed E-state index contributed by atoms with van der Waals surface area (Å²) in [5.41, 5.74) is 3.76. The maximum absolute atomic E-state index is 12.5. The summed E-state index contributed by atoms with van der Waals surface area (Å²) in [6, 6.07) is 25.7. The topological polar surface area (TPSA) is 222 Å². The number of aromatic nitrogens is 2. The molecular formula is C39H34Cl2N4O11. The molecule has 6 rings (SSSR count). The van der Waals surface area contributed by atoms with Crippen molar-refractivity contribution in [1.29, 1.82) is 0 Å². The SMILES string of the molecule is CC(O)c1ccccc1Cl.Cc1noc(-c2ccc([N+](=O)[O-])cc2)c1C(=O)O.Cc1noc(-c2ccc([N+](=O)[O-])cc2)c1CC(=O)OC(C)c1ccccc1Cl. The number of ether oxygens (including phenoxy) is 1. The number of benzene rings is 4. The number of carbonyl (C=O) groups is 2. The Balaban J connectivity index is 0.000000211. The Morgan fingerprint density at radius 2 is 1.18 bits per heavy atom. The molecule has 0 bridgehead atoms. The summed E-state index contributed by atoms with van der Waals surface area (Å²) in [6.45, 7) is 6.68. The maximum Gasteiger partial charge on any atom is 0.341 e. The predicted octanol–water partition coefficient (Wildman–Crippen LogP) is 9.71. The smallest absolute Gasteiger partial charge is 0.341 e. The van der Waals surface area contributed by atoms with Gasteiger partial charge in [0.15, 0.2) is 11.5 Å². The van der Waals surface area contributed by atoms with Crippen LogP contribution in [0, 0.1) is 34.1 Å². The molecular weight excluding hydrogens is 771 g/mol. The first kappa shape index (κ1) is 42.3. The second kappa shape index (κ2) is 19.3. The Morgan fingerprint density at radius 1 is 0.732 bits per heavy atom. The Hall–Kier alpha value is -6.42. The number of aromatic carboxylic acids is 1. The summed E-state index contributed by atoms with van der Waals surface area (Å²) in [5, 5.41) is 48.1. The number of aliphatic hydroxyl groups is 1. The standard InChI is InChI=1S/C20H17ClN2O5.C11H8N2O5.C8H9ClO/c1-12-17(11-19(24)27-13(2)16-5-3-4-6-18(16)21)20(28-22-12)14-7-9-15(10-8-14)23(25)26;1-6-9(11(14)15)10(18-12-6)7-2-4-8(5-3-7)13(16)17;1-6(10)7-4-2-3-5-8(7)9/h3-10,13H,11H2,1-2H3;2-5H,1H3,(H,14,15);2-6,10H,1H3. The van der Waals surface area contributed by atoms with Gasteiger partial charge in [-0.3, -0.25) is 25.0 Å². The van der Waals surface area contributed by atoms with Gasteiger partial charge < -0.3 is 24.0 Å². The largest absolute Gasteiger partial charge is 0.477 e. The molecule has 0 saturated heterocycles. The van der Waals surface area contributed by atoms with E-state index in [2.05, 4.69) is 10.3 Å². The summed E-state index contributed by atoms with van der Waals surface area (Å²) in [7, 11) is 0. The fourth-order valence-electron chi connectivity index (χ4n) is 5.18. The Morgan fingerprint density at radius 3 is 1.62 bits per heavy atom. The van der Waals surface area contributed by atoms with Crippen LogP contribution < -0.4 is 0 Å². The molecule has 0 saturated carbocycles. The van der Waals surface area contributed by atoms with Crippen LogP contribution in [0.2, 0.25) is 10.0 Å². The summed E-state index contributed by atoms with van der Waals surface area (Å²) in [5.74, 6) is -1.13. The van der Waals surface area contributed by atoms with E-state index in [1.165, 1.54) is 43.3 Å². The molecule has 2 atom stereocenters. The third kappa shape index (κ3) is 10.8. The summed E-state index contributed by atoms with van der Waals surface area (Å²) >= 11 is 11.9. The number of esters is 1. The Kier molecular flexibility index (Phi) is 14.6. The third-order valence-electron chi connectivity index (χ3n) is 8.07. The van der Waals surface area contributed by atoms with Crippen LogP contribution in [0.15, 0.2) is 106 Å². The number of aliphatic hydroxyl groups excluding tert-OH is 1. The van der Waals surface area contributed by atoms with Crippen molar-refractivity contribution in [3.63, 3.8) is 0 Å². The molecule has 17 heteroatoms. The fourth-order valence-corrected chi connectivity index (χ4v) is 5.76. The van der Waals surface area contributed by atoms with Gasteiger partial charge in [0.2, 0.25) is 0 Å². The molecule has 2 unspecified atom stereocenters. The minimum Gasteiger partial charge on any atom is -0.477 e. The van der Waals surface area contributed by atoms with E-state index < -0.39 is 34.0 Å². The van der Waals surface area contributed by atoms with Crippen molar-refractivity contribution in [1.82, 2.24) is 10.3 Å². The fraction of sp³-hybridized carbons (Fsp3) is 0.179. The molecule has 0 spiro atoms. The van der Waals surface area contributed by atoms with Crippen molar-refractivity contribution in [3.05, 3.63) is 161 Å². The molecule has 290 valence electrons. The highest BCUT2D eigenvalue weighted by molar-refractivity contribution is 6.31. The highest BCUT2D eigenvalue weighted by Gasteiger charge is 2.23. The molecule has 0 amide bonds. The van der Waals surface area contributed by atoms with Crippen LogP contribution in [-0.2, 0) is 16.0 Å². The molecule has 4 aromatic carbocycles. The number of halogens is 2. The number of non-ortho nitro benzene ring substituents is 2. The first-order chi connectivity index (χ1) is 26.6. The first-order valence-electron chi connectivity index (χ1n) is 16.6. The minimum absolute atomic E-state index is 0.0329. The molecule has 15 nitrogen and oxygen atoms in total. The van der Waals surface area contributed by atoms with Crippen molar-refractivity contribution >= 4 is 46.5 Å². The van der Waals surface area contributed by atoms with Crippen molar-refractivity contribution in [2.45, 2.75) is 46.3 Å². The van der Waals surface area contributed by atoms with Crippen LogP contribution in [0.4, 0.5) is 11.4 Å². The summed E-state index contributed by atoms with van der Waals surface area (Å²) < 4.78 is 15.8. The highest BCUT2D eigenvalue weighted by atomic mass is 35.5. The van der Waals surface area contributed by atoms with Gasteiger partial charge in [-0.25, -0.2) is 4.79 Å². The van der Waals surface area contributed by atoms with Gasteiger partial charge >= 0.3 is 11.9 Å². The van der Waals surface area contributed by atoms with E-state index in [4.69, 9.17) is 47.2 Å².